The van der Waals surface area contributed by atoms with Crippen molar-refractivity contribution < 1.29 is 4.42 Å². The van der Waals surface area contributed by atoms with Gasteiger partial charge in [0.15, 0.2) is 0 Å². The van der Waals surface area contributed by atoms with Gasteiger partial charge in [-0.25, -0.2) is 0 Å². The van der Waals surface area contributed by atoms with Crippen LogP contribution in [-0.2, 0) is 0 Å². The molecule has 0 radical (unpaired) electrons. The van der Waals surface area contributed by atoms with Crippen LogP contribution < -0.4 is 4.90 Å². The molecule has 0 bridgehead atoms. The molecule has 0 aliphatic carbocycles. The van der Waals surface area contributed by atoms with E-state index in [1.54, 1.807) is 0 Å². The van der Waals surface area contributed by atoms with Crippen molar-refractivity contribution in [2.45, 2.75) is 0 Å². The molecule has 0 aliphatic rings. The molecule has 11 aromatic rings. The average Bonchev–Trinajstić information content (AvgIpc) is 3.69. The molecule has 0 unspecified atom stereocenters. The summed E-state index contributed by atoms with van der Waals surface area (Å²) in [4.78, 5) is 2.43. The molecule has 2 heteroatoms. The summed E-state index contributed by atoms with van der Waals surface area (Å²) in [7, 11) is 0. The van der Waals surface area contributed by atoms with Crippen LogP contribution >= 0.6 is 0 Å². The summed E-state index contributed by atoms with van der Waals surface area (Å²) in [5.41, 5.74) is 14.5. The maximum atomic E-state index is 6.28. The zero-order valence-corrected chi connectivity index (χ0v) is 31.7. The van der Waals surface area contributed by atoms with Crippen LogP contribution in [0.25, 0.3) is 88.0 Å². The van der Waals surface area contributed by atoms with Crippen LogP contribution in [0.15, 0.2) is 229 Å². The fourth-order valence-electron chi connectivity index (χ4n) is 8.79. The summed E-state index contributed by atoms with van der Waals surface area (Å²) in [6.45, 7) is 0. The average molecular weight is 740 g/mol. The molecular weight excluding hydrogens is 703 g/mol. The first-order valence-corrected chi connectivity index (χ1v) is 19.8. The van der Waals surface area contributed by atoms with Crippen LogP contribution in [0.2, 0.25) is 0 Å². The Bertz CT molecular complexity index is 3270. The molecule has 10 aromatic carbocycles. The van der Waals surface area contributed by atoms with Crippen LogP contribution in [0.4, 0.5) is 17.1 Å². The van der Waals surface area contributed by atoms with E-state index in [0.29, 0.717) is 0 Å². The predicted molar refractivity (Wildman–Crippen MR) is 245 cm³/mol. The fraction of sp³-hybridized carbons (Fsp3) is 0. The number of benzene rings is 10. The second-order valence-electron chi connectivity index (χ2n) is 14.8. The van der Waals surface area contributed by atoms with Gasteiger partial charge in [0.2, 0.25) is 0 Å². The Kier molecular flexibility index (Phi) is 8.19. The van der Waals surface area contributed by atoms with Gasteiger partial charge < -0.3 is 9.32 Å². The lowest BCUT2D eigenvalue weighted by Gasteiger charge is -2.30. The van der Waals surface area contributed by atoms with Crippen LogP contribution in [0.5, 0.6) is 0 Å². The second kappa shape index (κ2) is 14.1. The number of para-hydroxylation sites is 3. The van der Waals surface area contributed by atoms with E-state index in [1.165, 1.54) is 43.8 Å². The molecule has 11 rings (SSSR count). The number of fused-ring (bicyclic) bond motifs is 5. The molecule has 0 aliphatic heterocycles. The maximum Gasteiger partial charge on any atom is 0.136 e. The van der Waals surface area contributed by atoms with Crippen molar-refractivity contribution in [2.24, 2.45) is 0 Å². The van der Waals surface area contributed by atoms with Gasteiger partial charge in [0.05, 0.1) is 11.4 Å². The maximum absolute atomic E-state index is 6.28. The normalized spacial score (nSPS) is 11.4. The van der Waals surface area contributed by atoms with Crippen molar-refractivity contribution in [1.82, 2.24) is 0 Å². The number of rotatable bonds is 7. The molecule has 0 saturated heterocycles. The number of hydrogen-bond donors (Lipinski definition) is 0. The minimum Gasteiger partial charge on any atom is -0.456 e. The Hall–Kier alpha value is -7.68. The molecule has 0 N–H and O–H groups in total. The van der Waals surface area contributed by atoms with Crippen molar-refractivity contribution in [3.05, 3.63) is 224 Å². The van der Waals surface area contributed by atoms with Gasteiger partial charge in [-0.3, -0.25) is 0 Å². The molecule has 0 atom stereocenters. The lowest BCUT2D eigenvalue weighted by Crippen LogP contribution is -2.12. The number of nitrogens with zero attached hydrogens (tertiary/aromatic N) is 1. The topological polar surface area (TPSA) is 16.4 Å². The van der Waals surface area contributed by atoms with Crippen LogP contribution in [0, 0.1) is 0 Å². The first-order valence-electron chi connectivity index (χ1n) is 19.8. The van der Waals surface area contributed by atoms with E-state index in [0.717, 1.165) is 61.3 Å². The summed E-state index contributed by atoms with van der Waals surface area (Å²) in [5.74, 6) is 0. The van der Waals surface area contributed by atoms with Gasteiger partial charge in [0.1, 0.15) is 11.2 Å². The van der Waals surface area contributed by atoms with Crippen molar-refractivity contribution in [3.8, 4) is 44.5 Å². The summed E-state index contributed by atoms with van der Waals surface area (Å²) in [6, 6.07) is 80.8. The Morgan fingerprint density at radius 3 is 1.43 bits per heavy atom. The van der Waals surface area contributed by atoms with Crippen LogP contribution in [0.1, 0.15) is 0 Å². The number of anilines is 3. The molecule has 58 heavy (non-hydrogen) atoms. The molecule has 0 fully saturated rings. The van der Waals surface area contributed by atoms with Crippen LogP contribution in [-0.4, -0.2) is 0 Å². The SMILES string of the molecule is c1ccc(N(c2ccc(-c3cccc4oc5ccccc5c34)cc2)c2ccccc2-c2cccc3ccccc23)c(-c2ccc(-c3cccc4ccccc34)cc2)c1. The Morgan fingerprint density at radius 2 is 0.707 bits per heavy atom. The molecule has 1 aromatic heterocycles. The van der Waals surface area contributed by atoms with E-state index in [-0.39, 0.29) is 0 Å². The monoisotopic (exact) mass is 739 g/mol. The van der Waals surface area contributed by atoms with Gasteiger partial charge in [-0.1, -0.05) is 188 Å². The van der Waals surface area contributed by atoms with E-state index in [4.69, 9.17) is 4.42 Å². The number of hydrogen-bond acceptors (Lipinski definition) is 2. The first-order chi connectivity index (χ1) is 28.8. The molecular formula is C56H37NO. The van der Waals surface area contributed by atoms with Gasteiger partial charge >= 0.3 is 0 Å². The highest BCUT2D eigenvalue weighted by Gasteiger charge is 2.22. The summed E-state index contributed by atoms with van der Waals surface area (Å²) in [5, 5.41) is 7.22. The van der Waals surface area contributed by atoms with Gasteiger partial charge in [0.25, 0.3) is 0 Å². The number of furan rings is 1. The standard InChI is InChI=1S/C56H37NO/c1-3-18-44-38(14-1)16-11-23-45(44)40-30-32-41(33-31-40)47-20-5-8-26-52(47)57(53-27-9-6-21-50(53)49-25-12-17-39-15-2-4-19-46(39)49)43-36-34-42(35-37-43)48-24-13-29-55-56(48)51-22-7-10-28-54(51)58-55/h1-37H. The smallest absolute Gasteiger partial charge is 0.136 e. The zero-order valence-electron chi connectivity index (χ0n) is 31.7. The highest BCUT2D eigenvalue weighted by molar-refractivity contribution is 6.12. The van der Waals surface area contributed by atoms with Gasteiger partial charge in [-0.15, -0.1) is 0 Å². The van der Waals surface area contributed by atoms with E-state index < -0.39 is 0 Å². The van der Waals surface area contributed by atoms with E-state index >= 15 is 0 Å². The third-order valence-corrected chi connectivity index (χ3v) is 11.5. The van der Waals surface area contributed by atoms with Crippen molar-refractivity contribution in [2.75, 3.05) is 4.90 Å². The van der Waals surface area contributed by atoms with Gasteiger partial charge in [-0.05, 0) is 91.3 Å². The molecule has 0 spiro atoms. The lowest BCUT2D eigenvalue weighted by atomic mass is 9.94. The Balaban J connectivity index is 1.08. The molecule has 1 heterocycles. The van der Waals surface area contributed by atoms with E-state index in [1.807, 2.05) is 12.1 Å². The second-order valence-corrected chi connectivity index (χ2v) is 14.8. The van der Waals surface area contributed by atoms with E-state index in [2.05, 4.69) is 217 Å². The highest BCUT2D eigenvalue weighted by atomic mass is 16.3. The van der Waals surface area contributed by atoms with Gasteiger partial charge in [0, 0.05) is 27.6 Å². The van der Waals surface area contributed by atoms with Crippen LogP contribution in [0.3, 0.4) is 0 Å². The van der Waals surface area contributed by atoms with Crippen molar-refractivity contribution >= 4 is 60.5 Å². The quantitative estimate of drug-likeness (QED) is 0.162. The molecule has 2 nitrogen and oxygen atoms in total. The van der Waals surface area contributed by atoms with Crippen molar-refractivity contribution in [1.29, 1.82) is 0 Å². The Morgan fingerprint density at radius 1 is 0.276 bits per heavy atom. The fourth-order valence-corrected chi connectivity index (χ4v) is 8.79. The minimum atomic E-state index is 0.897. The predicted octanol–water partition coefficient (Wildman–Crippen LogP) is 16.0. The third-order valence-electron chi connectivity index (χ3n) is 11.5. The van der Waals surface area contributed by atoms with E-state index in [9.17, 15) is 0 Å². The first kappa shape index (κ1) is 33.6. The summed E-state index contributed by atoms with van der Waals surface area (Å²) >= 11 is 0. The summed E-state index contributed by atoms with van der Waals surface area (Å²) in [6.07, 6.45) is 0. The lowest BCUT2D eigenvalue weighted by molar-refractivity contribution is 0.669. The highest BCUT2D eigenvalue weighted by Crippen LogP contribution is 2.47. The largest absolute Gasteiger partial charge is 0.456 e. The molecule has 0 saturated carbocycles. The molecule has 0 amide bonds. The van der Waals surface area contributed by atoms with Crippen molar-refractivity contribution in [3.63, 3.8) is 0 Å². The summed E-state index contributed by atoms with van der Waals surface area (Å²) < 4.78 is 6.28. The Labute approximate surface area is 337 Å². The molecule has 272 valence electrons. The minimum absolute atomic E-state index is 0.897. The van der Waals surface area contributed by atoms with Gasteiger partial charge in [-0.2, -0.15) is 0 Å². The zero-order chi connectivity index (χ0) is 38.4. The third kappa shape index (κ3) is 5.74.